The zero-order chi connectivity index (χ0) is 28.4. The molecule has 0 saturated carbocycles. The minimum atomic E-state index is -0.238. The molecule has 41 heavy (non-hydrogen) atoms. The van der Waals surface area contributed by atoms with Crippen LogP contribution >= 0.6 is 0 Å². The lowest BCUT2D eigenvalue weighted by Gasteiger charge is -2.28. The molecule has 0 spiro atoms. The van der Waals surface area contributed by atoms with E-state index in [1.165, 1.54) is 0 Å². The molecule has 3 aromatic rings. The van der Waals surface area contributed by atoms with E-state index < -0.39 is 0 Å². The van der Waals surface area contributed by atoms with Gasteiger partial charge in [-0.1, -0.05) is 30.3 Å². The maximum atomic E-state index is 13.3. The maximum absolute atomic E-state index is 13.3. The minimum absolute atomic E-state index is 0.117. The molecule has 3 amide bonds. The van der Waals surface area contributed by atoms with Gasteiger partial charge in [-0.2, -0.15) is 0 Å². The summed E-state index contributed by atoms with van der Waals surface area (Å²) in [6.07, 6.45) is 1.54. The fraction of sp³-hybridized carbons (Fsp3) is 0.355. The lowest BCUT2D eigenvalue weighted by Crippen LogP contribution is -2.42. The van der Waals surface area contributed by atoms with E-state index in [2.05, 4.69) is 15.5 Å². The van der Waals surface area contributed by atoms with Gasteiger partial charge in [0.25, 0.3) is 5.91 Å². The van der Waals surface area contributed by atoms with Gasteiger partial charge in [0.2, 0.25) is 6.79 Å². The van der Waals surface area contributed by atoms with Crippen molar-refractivity contribution in [2.24, 2.45) is 0 Å². The number of hydrogen-bond donors (Lipinski definition) is 3. The van der Waals surface area contributed by atoms with Crippen molar-refractivity contribution in [3.8, 4) is 11.5 Å². The monoisotopic (exact) mass is 559 g/mol. The van der Waals surface area contributed by atoms with Gasteiger partial charge in [-0.05, 0) is 60.4 Å². The van der Waals surface area contributed by atoms with Gasteiger partial charge < -0.3 is 35.5 Å². The van der Waals surface area contributed by atoms with Gasteiger partial charge in [0, 0.05) is 44.8 Å². The number of rotatable bonds is 11. The topological polar surface area (TPSA) is 118 Å². The molecule has 2 aliphatic heterocycles. The fourth-order valence-corrected chi connectivity index (χ4v) is 4.87. The van der Waals surface area contributed by atoms with Crippen LogP contribution < -0.4 is 25.8 Å². The number of carbonyl (C=O) groups is 2. The number of nitrogens with two attached hydrogens (primary N) is 1. The smallest absolute Gasteiger partial charge is 0.317 e. The van der Waals surface area contributed by atoms with E-state index in [9.17, 15) is 9.59 Å². The first kappa shape index (κ1) is 28.3. The second-order valence-electron chi connectivity index (χ2n) is 10.1. The SMILES string of the molecule is Nc1ccccc1NC(=O)c1ccc(CN(CCCN2CCOCC2)C(=O)NCCc2ccc3c(c2)OCO3)cc1. The molecular weight excluding hydrogens is 522 g/mol. The predicted molar refractivity (Wildman–Crippen MR) is 157 cm³/mol. The Kier molecular flexibility index (Phi) is 9.56. The number of urea groups is 1. The first-order valence-electron chi connectivity index (χ1n) is 14.0. The van der Waals surface area contributed by atoms with Gasteiger partial charge in [-0.3, -0.25) is 9.69 Å². The molecular formula is C31H37N5O5. The Labute approximate surface area is 240 Å². The Hall–Kier alpha value is -4.28. The highest BCUT2D eigenvalue weighted by molar-refractivity contribution is 6.05. The number of para-hydroxylation sites is 2. The standard InChI is InChI=1S/C31H37N5O5/c32-26-4-1-2-5-27(26)34-30(37)25-9-6-24(7-10-25)21-36(15-3-14-35-16-18-39-19-17-35)31(38)33-13-12-23-8-11-28-29(20-23)41-22-40-28/h1-2,4-11,20H,3,12-19,21-22,32H2,(H,33,38)(H,34,37). The van der Waals surface area contributed by atoms with Gasteiger partial charge in [-0.25, -0.2) is 4.79 Å². The van der Waals surface area contributed by atoms with Crippen molar-refractivity contribution in [3.63, 3.8) is 0 Å². The van der Waals surface area contributed by atoms with E-state index in [-0.39, 0.29) is 18.7 Å². The van der Waals surface area contributed by atoms with Crippen molar-refractivity contribution in [1.29, 1.82) is 0 Å². The molecule has 216 valence electrons. The quantitative estimate of drug-likeness (QED) is 0.307. The second-order valence-corrected chi connectivity index (χ2v) is 10.1. The molecule has 0 bridgehead atoms. The molecule has 5 rings (SSSR count). The number of fused-ring (bicyclic) bond motifs is 1. The van der Waals surface area contributed by atoms with E-state index in [0.29, 0.717) is 43.0 Å². The lowest BCUT2D eigenvalue weighted by molar-refractivity contribution is 0.0364. The van der Waals surface area contributed by atoms with Gasteiger partial charge in [0.1, 0.15) is 0 Å². The number of anilines is 2. The first-order valence-corrected chi connectivity index (χ1v) is 14.0. The third-order valence-corrected chi connectivity index (χ3v) is 7.22. The number of carbonyl (C=O) groups excluding carboxylic acids is 2. The molecule has 0 aliphatic carbocycles. The Morgan fingerprint density at radius 1 is 0.927 bits per heavy atom. The predicted octanol–water partition coefficient (Wildman–Crippen LogP) is 3.73. The molecule has 2 aliphatic rings. The molecule has 0 aromatic heterocycles. The van der Waals surface area contributed by atoms with Crippen LogP contribution in [0.2, 0.25) is 0 Å². The van der Waals surface area contributed by atoms with E-state index in [0.717, 1.165) is 61.9 Å². The summed E-state index contributed by atoms with van der Waals surface area (Å²) in [4.78, 5) is 30.2. The number of nitrogens with one attached hydrogen (secondary N) is 2. The highest BCUT2D eigenvalue weighted by Gasteiger charge is 2.17. The van der Waals surface area contributed by atoms with E-state index in [1.54, 1.807) is 24.3 Å². The first-order chi connectivity index (χ1) is 20.0. The van der Waals surface area contributed by atoms with Gasteiger partial charge in [0.05, 0.1) is 24.6 Å². The third-order valence-electron chi connectivity index (χ3n) is 7.22. The van der Waals surface area contributed by atoms with E-state index in [4.69, 9.17) is 19.9 Å². The summed E-state index contributed by atoms with van der Waals surface area (Å²) in [7, 11) is 0. The summed E-state index contributed by atoms with van der Waals surface area (Å²) in [5.41, 5.74) is 9.57. The highest BCUT2D eigenvalue weighted by Crippen LogP contribution is 2.32. The number of nitrogen functional groups attached to an aromatic ring is 1. The number of nitrogens with zero attached hydrogens (tertiary/aromatic N) is 2. The average Bonchev–Trinajstić information content (AvgIpc) is 3.47. The van der Waals surface area contributed by atoms with E-state index >= 15 is 0 Å². The number of ether oxygens (including phenoxy) is 3. The molecule has 4 N–H and O–H groups in total. The van der Waals surface area contributed by atoms with Crippen molar-refractivity contribution < 1.29 is 23.8 Å². The molecule has 1 saturated heterocycles. The van der Waals surface area contributed by atoms with E-state index in [1.807, 2.05) is 47.4 Å². The van der Waals surface area contributed by atoms with Crippen molar-refractivity contribution in [2.45, 2.75) is 19.4 Å². The van der Waals surface area contributed by atoms with Crippen LogP contribution in [0.3, 0.4) is 0 Å². The molecule has 1 fully saturated rings. The van der Waals surface area contributed by atoms with Gasteiger partial charge >= 0.3 is 6.03 Å². The number of morpholine rings is 1. The van der Waals surface area contributed by atoms with Crippen molar-refractivity contribution in [3.05, 3.63) is 83.4 Å². The Bertz CT molecular complexity index is 1330. The summed E-state index contributed by atoms with van der Waals surface area (Å²) >= 11 is 0. The molecule has 10 nitrogen and oxygen atoms in total. The lowest BCUT2D eigenvalue weighted by atomic mass is 10.1. The fourth-order valence-electron chi connectivity index (χ4n) is 4.87. The van der Waals surface area contributed by atoms with Crippen LogP contribution in [0, 0.1) is 0 Å². The summed E-state index contributed by atoms with van der Waals surface area (Å²) in [5.74, 6) is 1.25. The number of hydrogen-bond acceptors (Lipinski definition) is 7. The van der Waals surface area contributed by atoms with Crippen LogP contribution in [-0.4, -0.2) is 74.5 Å². The average molecular weight is 560 g/mol. The maximum Gasteiger partial charge on any atom is 0.317 e. The Morgan fingerprint density at radius 3 is 2.49 bits per heavy atom. The molecule has 10 heteroatoms. The summed E-state index contributed by atoms with van der Waals surface area (Å²) < 4.78 is 16.3. The summed E-state index contributed by atoms with van der Waals surface area (Å²) in [5, 5.41) is 5.92. The summed E-state index contributed by atoms with van der Waals surface area (Å²) in [6.45, 7) is 6.03. The van der Waals surface area contributed by atoms with Crippen molar-refractivity contribution >= 4 is 23.3 Å². The summed E-state index contributed by atoms with van der Waals surface area (Å²) in [6, 6.07) is 20.2. The number of benzene rings is 3. The normalized spacial score (nSPS) is 14.4. The van der Waals surface area contributed by atoms with Gasteiger partial charge in [-0.15, -0.1) is 0 Å². The number of amides is 3. The van der Waals surface area contributed by atoms with Crippen molar-refractivity contribution in [1.82, 2.24) is 15.1 Å². The minimum Gasteiger partial charge on any atom is -0.454 e. The molecule has 0 atom stereocenters. The van der Waals surface area contributed by atoms with Crippen LogP contribution in [0.15, 0.2) is 66.7 Å². The van der Waals surface area contributed by atoms with Crippen LogP contribution in [0.4, 0.5) is 16.2 Å². The second kappa shape index (κ2) is 13.9. The highest BCUT2D eigenvalue weighted by atomic mass is 16.7. The molecule has 0 radical (unpaired) electrons. The van der Waals surface area contributed by atoms with Gasteiger partial charge in [0.15, 0.2) is 11.5 Å². The van der Waals surface area contributed by atoms with Crippen LogP contribution in [0.5, 0.6) is 11.5 Å². The van der Waals surface area contributed by atoms with Crippen molar-refractivity contribution in [2.75, 3.05) is 63.8 Å². The largest absolute Gasteiger partial charge is 0.454 e. The zero-order valence-corrected chi connectivity index (χ0v) is 23.1. The van der Waals surface area contributed by atoms with Crippen LogP contribution in [0.25, 0.3) is 0 Å². The zero-order valence-electron chi connectivity index (χ0n) is 23.1. The van der Waals surface area contributed by atoms with Crippen LogP contribution in [-0.2, 0) is 17.7 Å². The Balaban J connectivity index is 1.17. The molecule has 3 aromatic carbocycles. The van der Waals surface area contributed by atoms with Crippen LogP contribution in [0.1, 0.15) is 27.9 Å². The third kappa shape index (κ3) is 7.90. The molecule has 0 unspecified atom stereocenters. The Morgan fingerprint density at radius 2 is 1.68 bits per heavy atom. The molecule has 2 heterocycles.